The second-order valence-electron chi connectivity index (χ2n) is 6.22. The molecular weight excluding hydrogens is 215 g/mol. The van der Waals surface area contributed by atoms with Crippen LogP contribution in [0.1, 0.15) is 47.0 Å². The van der Waals surface area contributed by atoms with Crippen LogP contribution in [0.3, 0.4) is 0 Å². The topological polar surface area (TPSA) is 0 Å². The lowest BCUT2D eigenvalue weighted by atomic mass is 9.68. The third-order valence-corrected chi connectivity index (χ3v) is 3.52. The number of hydrogen-bond donors (Lipinski definition) is 0. The summed E-state index contributed by atoms with van der Waals surface area (Å²) in [7, 11) is 6.36. The zero-order chi connectivity index (χ0) is 13.8. The summed E-state index contributed by atoms with van der Waals surface area (Å²) in [5.74, 6) is 0.664. The standard InChI is InChI=1S/C17H25B/c1-6-8-14-10-13(3)11-17(4,5)12-15(9-7-2)16(14)18/h6-9,13H,1,10-12H2,2-5H3/b9-7+,14-8+,16-15+. The third-order valence-electron chi connectivity index (χ3n) is 3.52. The van der Waals surface area contributed by atoms with E-state index in [-0.39, 0.29) is 0 Å². The molecule has 1 unspecified atom stereocenters. The first-order valence-electron chi connectivity index (χ1n) is 6.83. The molecule has 1 aliphatic carbocycles. The molecule has 0 fully saturated rings. The van der Waals surface area contributed by atoms with E-state index in [0.717, 1.165) is 18.3 Å². The number of hydrogen-bond acceptors (Lipinski definition) is 0. The fourth-order valence-electron chi connectivity index (χ4n) is 3.04. The van der Waals surface area contributed by atoms with Gasteiger partial charge in [0.15, 0.2) is 0 Å². The van der Waals surface area contributed by atoms with E-state index in [2.05, 4.69) is 45.6 Å². The van der Waals surface area contributed by atoms with E-state index >= 15 is 0 Å². The Morgan fingerprint density at radius 2 is 2.06 bits per heavy atom. The van der Waals surface area contributed by atoms with E-state index in [1.54, 1.807) is 0 Å². The molecule has 18 heavy (non-hydrogen) atoms. The van der Waals surface area contributed by atoms with Gasteiger partial charge in [-0.3, -0.25) is 0 Å². The van der Waals surface area contributed by atoms with Crippen LogP contribution >= 0.6 is 0 Å². The average molecular weight is 240 g/mol. The first-order chi connectivity index (χ1) is 8.39. The summed E-state index contributed by atoms with van der Waals surface area (Å²) in [6.45, 7) is 12.8. The molecular formula is C17H25B. The highest BCUT2D eigenvalue weighted by Gasteiger charge is 2.26. The van der Waals surface area contributed by atoms with Crippen LogP contribution in [0.25, 0.3) is 0 Å². The number of allylic oxidation sites excluding steroid dienone is 7. The van der Waals surface area contributed by atoms with Gasteiger partial charge in [-0.2, -0.15) is 0 Å². The monoisotopic (exact) mass is 240 g/mol. The summed E-state index contributed by atoms with van der Waals surface area (Å²) >= 11 is 0. The summed E-state index contributed by atoms with van der Waals surface area (Å²) in [5.41, 5.74) is 3.77. The van der Waals surface area contributed by atoms with Gasteiger partial charge in [0.05, 0.1) is 0 Å². The van der Waals surface area contributed by atoms with Crippen molar-refractivity contribution in [1.29, 1.82) is 0 Å². The molecule has 1 heteroatoms. The van der Waals surface area contributed by atoms with Crippen LogP contribution < -0.4 is 0 Å². The summed E-state index contributed by atoms with van der Waals surface area (Å²) in [6.07, 6.45) is 11.5. The lowest BCUT2D eigenvalue weighted by Crippen LogP contribution is -2.20. The molecule has 0 amide bonds. The van der Waals surface area contributed by atoms with E-state index < -0.39 is 0 Å². The Morgan fingerprint density at radius 1 is 1.39 bits per heavy atom. The van der Waals surface area contributed by atoms with Crippen LogP contribution in [-0.2, 0) is 0 Å². The quantitative estimate of drug-likeness (QED) is 0.599. The highest BCUT2D eigenvalue weighted by Crippen LogP contribution is 2.39. The lowest BCUT2D eigenvalue weighted by molar-refractivity contribution is 0.271. The molecule has 2 radical (unpaired) electrons. The molecule has 0 spiro atoms. The van der Waals surface area contributed by atoms with Gasteiger partial charge < -0.3 is 0 Å². The van der Waals surface area contributed by atoms with Crippen molar-refractivity contribution in [3.63, 3.8) is 0 Å². The van der Waals surface area contributed by atoms with Gasteiger partial charge >= 0.3 is 0 Å². The predicted octanol–water partition coefficient (Wildman–Crippen LogP) is 4.94. The first kappa shape index (κ1) is 15.1. The lowest BCUT2D eigenvalue weighted by Gasteiger charge is -2.33. The smallest absolute Gasteiger partial charge is 0.0991 e. The van der Waals surface area contributed by atoms with Crippen LogP contribution in [-0.4, -0.2) is 7.85 Å². The van der Waals surface area contributed by atoms with Crippen molar-refractivity contribution in [2.45, 2.75) is 47.0 Å². The molecule has 0 heterocycles. The molecule has 0 aromatic carbocycles. The van der Waals surface area contributed by atoms with Crippen molar-refractivity contribution in [2.24, 2.45) is 11.3 Å². The maximum absolute atomic E-state index is 6.36. The van der Waals surface area contributed by atoms with Crippen molar-refractivity contribution >= 4 is 7.85 Å². The minimum absolute atomic E-state index is 0.318. The first-order valence-corrected chi connectivity index (χ1v) is 6.83. The second-order valence-corrected chi connectivity index (χ2v) is 6.22. The fourth-order valence-corrected chi connectivity index (χ4v) is 3.04. The Hall–Kier alpha value is -0.975. The van der Waals surface area contributed by atoms with Gasteiger partial charge in [0.1, 0.15) is 7.85 Å². The van der Waals surface area contributed by atoms with Crippen molar-refractivity contribution in [3.05, 3.63) is 47.5 Å². The molecule has 0 saturated heterocycles. The van der Waals surface area contributed by atoms with Crippen LogP contribution in [0, 0.1) is 11.3 Å². The minimum Gasteiger partial charge on any atom is -0.0991 e. The second kappa shape index (κ2) is 6.27. The third kappa shape index (κ3) is 4.05. The molecule has 0 nitrogen and oxygen atoms in total. The molecule has 0 aliphatic heterocycles. The highest BCUT2D eigenvalue weighted by atomic mass is 14.3. The van der Waals surface area contributed by atoms with Crippen LogP contribution in [0.2, 0.25) is 0 Å². The summed E-state index contributed by atoms with van der Waals surface area (Å²) in [4.78, 5) is 0. The van der Waals surface area contributed by atoms with Gasteiger partial charge in [-0.15, -0.1) is 0 Å². The molecule has 0 aromatic rings. The minimum atomic E-state index is 0.318. The predicted molar refractivity (Wildman–Crippen MR) is 82.7 cm³/mol. The molecule has 0 saturated carbocycles. The van der Waals surface area contributed by atoms with E-state index in [1.807, 2.05) is 13.0 Å². The Balaban J connectivity index is 3.25. The van der Waals surface area contributed by atoms with Crippen molar-refractivity contribution in [2.75, 3.05) is 0 Å². The zero-order valence-electron chi connectivity index (χ0n) is 12.3. The van der Waals surface area contributed by atoms with Crippen LogP contribution in [0.4, 0.5) is 0 Å². The van der Waals surface area contributed by atoms with E-state index in [9.17, 15) is 0 Å². The summed E-state index contributed by atoms with van der Waals surface area (Å²) in [6, 6.07) is 0. The van der Waals surface area contributed by atoms with Crippen molar-refractivity contribution in [3.8, 4) is 0 Å². The van der Waals surface area contributed by atoms with Gasteiger partial charge in [-0.25, -0.2) is 0 Å². The van der Waals surface area contributed by atoms with Gasteiger partial charge in [0, 0.05) is 0 Å². The van der Waals surface area contributed by atoms with Gasteiger partial charge in [-0.1, -0.05) is 68.3 Å². The Kier molecular flexibility index (Phi) is 5.25. The van der Waals surface area contributed by atoms with E-state index in [1.165, 1.54) is 17.6 Å². The van der Waals surface area contributed by atoms with E-state index in [0.29, 0.717) is 11.3 Å². The van der Waals surface area contributed by atoms with Gasteiger partial charge in [0.2, 0.25) is 0 Å². The molecule has 96 valence electrons. The average Bonchev–Trinajstić information content (AvgIpc) is 2.24. The maximum Gasteiger partial charge on any atom is 0.114 e. The molecule has 1 rings (SSSR count). The summed E-state index contributed by atoms with van der Waals surface area (Å²) in [5, 5.41) is 0. The summed E-state index contributed by atoms with van der Waals surface area (Å²) < 4.78 is 0. The number of rotatable bonds is 2. The highest BCUT2D eigenvalue weighted by molar-refractivity contribution is 6.25. The Morgan fingerprint density at radius 3 is 2.61 bits per heavy atom. The molecule has 0 N–H and O–H groups in total. The SMILES string of the molecule is [B]/C1=C(\C=C\C)CC(C)(C)CC(C)C\C1=C/C=C. The zero-order valence-corrected chi connectivity index (χ0v) is 12.3. The van der Waals surface area contributed by atoms with Crippen molar-refractivity contribution < 1.29 is 0 Å². The largest absolute Gasteiger partial charge is 0.114 e. The van der Waals surface area contributed by atoms with Crippen LogP contribution in [0.5, 0.6) is 0 Å². The van der Waals surface area contributed by atoms with Gasteiger partial charge in [0.25, 0.3) is 0 Å². The van der Waals surface area contributed by atoms with Crippen molar-refractivity contribution in [1.82, 2.24) is 0 Å². The Bertz CT molecular complexity index is 394. The maximum atomic E-state index is 6.36. The van der Waals surface area contributed by atoms with Crippen LogP contribution in [0.15, 0.2) is 47.5 Å². The molecule has 0 bridgehead atoms. The van der Waals surface area contributed by atoms with E-state index in [4.69, 9.17) is 7.85 Å². The fraction of sp³-hybridized carbons (Fsp3) is 0.529. The molecule has 1 atom stereocenters. The molecule has 1 aliphatic rings. The normalized spacial score (nSPS) is 31.3. The Labute approximate surface area is 114 Å². The molecule has 0 aromatic heterocycles. The van der Waals surface area contributed by atoms with Gasteiger partial charge in [-0.05, 0) is 37.5 Å².